The van der Waals surface area contributed by atoms with Crippen molar-refractivity contribution >= 4 is 22.4 Å². The molecule has 1 amide bonds. The number of rotatable bonds is 4. The van der Waals surface area contributed by atoms with Crippen molar-refractivity contribution in [1.29, 1.82) is 0 Å². The molecule has 0 saturated heterocycles. The van der Waals surface area contributed by atoms with Gasteiger partial charge in [0.05, 0.1) is 5.69 Å². The van der Waals surface area contributed by atoms with Gasteiger partial charge in [-0.2, -0.15) is 5.10 Å². The monoisotopic (exact) mass is 383 g/mol. The van der Waals surface area contributed by atoms with E-state index in [1.54, 1.807) is 6.07 Å². The third-order valence-corrected chi connectivity index (χ3v) is 5.08. The fraction of sp³-hybridized carbons (Fsp3) is 0.125. The van der Waals surface area contributed by atoms with Gasteiger partial charge in [0, 0.05) is 17.3 Å². The number of nitrogens with one attached hydrogen (secondary N) is 1. The molecule has 29 heavy (non-hydrogen) atoms. The molecule has 0 aliphatic rings. The molecule has 0 aliphatic carbocycles. The van der Waals surface area contributed by atoms with Crippen molar-refractivity contribution in [1.82, 2.24) is 9.78 Å². The van der Waals surface area contributed by atoms with Crippen LogP contribution in [0.1, 0.15) is 11.1 Å². The molecule has 0 spiro atoms. The van der Waals surface area contributed by atoms with Crippen LogP contribution in [0.3, 0.4) is 0 Å². The summed E-state index contributed by atoms with van der Waals surface area (Å²) >= 11 is 0. The molecule has 3 aromatic carbocycles. The number of anilines is 1. The maximum absolute atomic E-state index is 12.5. The lowest BCUT2D eigenvalue weighted by Crippen LogP contribution is -2.29. The summed E-state index contributed by atoms with van der Waals surface area (Å²) in [5.41, 5.74) is 4.07. The maximum atomic E-state index is 12.5. The van der Waals surface area contributed by atoms with Gasteiger partial charge in [0.15, 0.2) is 0 Å². The third kappa shape index (κ3) is 3.94. The number of amides is 1. The molecule has 5 nitrogen and oxygen atoms in total. The van der Waals surface area contributed by atoms with Crippen molar-refractivity contribution in [3.63, 3.8) is 0 Å². The Kier molecular flexibility index (Phi) is 4.96. The molecule has 0 unspecified atom stereocenters. The molecule has 5 heteroatoms. The van der Waals surface area contributed by atoms with Crippen molar-refractivity contribution in [2.24, 2.45) is 0 Å². The van der Waals surface area contributed by atoms with Crippen LogP contribution in [0, 0.1) is 13.8 Å². The van der Waals surface area contributed by atoms with Crippen LogP contribution in [-0.4, -0.2) is 15.7 Å². The van der Waals surface area contributed by atoms with Crippen LogP contribution < -0.4 is 10.9 Å². The van der Waals surface area contributed by atoms with Gasteiger partial charge in [0.25, 0.3) is 5.56 Å². The van der Waals surface area contributed by atoms with Gasteiger partial charge < -0.3 is 5.32 Å². The van der Waals surface area contributed by atoms with Crippen LogP contribution in [0.15, 0.2) is 77.6 Å². The van der Waals surface area contributed by atoms with Crippen molar-refractivity contribution in [3.05, 3.63) is 94.3 Å². The zero-order valence-electron chi connectivity index (χ0n) is 16.3. The molecule has 0 saturated carbocycles. The summed E-state index contributed by atoms with van der Waals surface area (Å²) in [6.07, 6.45) is 0. The minimum Gasteiger partial charge on any atom is -0.324 e. The molecule has 1 N–H and O–H groups in total. The van der Waals surface area contributed by atoms with Crippen LogP contribution >= 0.6 is 0 Å². The van der Waals surface area contributed by atoms with Crippen LogP contribution in [0.2, 0.25) is 0 Å². The first kappa shape index (κ1) is 18.6. The summed E-state index contributed by atoms with van der Waals surface area (Å²) in [6, 6.07) is 22.9. The zero-order valence-corrected chi connectivity index (χ0v) is 16.3. The number of aryl methyl sites for hydroxylation is 1. The van der Waals surface area contributed by atoms with Crippen LogP contribution in [0.25, 0.3) is 22.0 Å². The Bertz CT molecular complexity index is 1270. The number of benzene rings is 3. The highest BCUT2D eigenvalue weighted by atomic mass is 16.2. The SMILES string of the molecule is Cc1cccc(NC(=O)Cn2nc(-c3ccc4ccccc4c3)ccc2=O)c1C. The average molecular weight is 383 g/mol. The van der Waals surface area contributed by atoms with Crippen LogP contribution in [0.4, 0.5) is 5.69 Å². The highest BCUT2D eigenvalue weighted by Crippen LogP contribution is 2.22. The van der Waals surface area contributed by atoms with E-state index in [-0.39, 0.29) is 18.0 Å². The number of nitrogens with zero attached hydrogens (tertiary/aromatic N) is 2. The van der Waals surface area contributed by atoms with Gasteiger partial charge in [-0.15, -0.1) is 0 Å². The number of fused-ring (bicyclic) bond motifs is 1. The van der Waals surface area contributed by atoms with Crippen molar-refractivity contribution < 1.29 is 4.79 Å². The highest BCUT2D eigenvalue weighted by Gasteiger charge is 2.10. The smallest absolute Gasteiger partial charge is 0.267 e. The van der Waals surface area contributed by atoms with Gasteiger partial charge in [-0.05, 0) is 53.9 Å². The fourth-order valence-corrected chi connectivity index (χ4v) is 3.28. The highest BCUT2D eigenvalue weighted by molar-refractivity contribution is 5.91. The number of carbonyl (C=O) groups excluding carboxylic acids is 1. The molecule has 0 atom stereocenters. The second-order valence-corrected chi connectivity index (χ2v) is 7.07. The van der Waals surface area contributed by atoms with E-state index in [1.165, 1.54) is 10.7 Å². The average Bonchev–Trinajstić information content (AvgIpc) is 2.72. The Morgan fingerprint density at radius 2 is 1.72 bits per heavy atom. The molecule has 144 valence electrons. The molecule has 1 aromatic heterocycles. The summed E-state index contributed by atoms with van der Waals surface area (Å²) in [5.74, 6) is -0.288. The summed E-state index contributed by atoms with van der Waals surface area (Å²) in [4.78, 5) is 24.8. The topological polar surface area (TPSA) is 64.0 Å². The van der Waals surface area contributed by atoms with Gasteiger partial charge in [0.1, 0.15) is 6.54 Å². The molecule has 4 aromatic rings. The summed E-state index contributed by atoms with van der Waals surface area (Å²) in [7, 11) is 0. The first-order valence-electron chi connectivity index (χ1n) is 9.45. The first-order valence-corrected chi connectivity index (χ1v) is 9.45. The Hall–Kier alpha value is -3.73. The fourth-order valence-electron chi connectivity index (χ4n) is 3.28. The Labute approximate surface area is 168 Å². The molecule has 0 fully saturated rings. The Balaban J connectivity index is 1.60. The van der Waals surface area contributed by atoms with Crippen LogP contribution in [0.5, 0.6) is 0 Å². The lowest BCUT2D eigenvalue weighted by Gasteiger charge is -2.11. The van der Waals surface area contributed by atoms with E-state index < -0.39 is 0 Å². The minimum atomic E-state index is -0.314. The van der Waals surface area contributed by atoms with Gasteiger partial charge in [0.2, 0.25) is 5.91 Å². The maximum Gasteiger partial charge on any atom is 0.267 e. The summed E-state index contributed by atoms with van der Waals surface area (Å²) in [5, 5.41) is 9.52. The molecule has 0 radical (unpaired) electrons. The number of hydrogen-bond donors (Lipinski definition) is 1. The normalized spacial score (nSPS) is 10.8. The number of aromatic nitrogens is 2. The van der Waals surface area contributed by atoms with E-state index in [1.807, 2.05) is 74.5 Å². The van der Waals surface area contributed by atoms with E-state index in [9.17, 15) is 9.59 Å². The standard InChI is InChI=1S/C24H21N3O2/c1-16-6-5-9-21(17(16)2)25-23(28)15-27-24(29)13-12-22(26-27)20-11-10-18-7-3-4-8-19(18)14-20/h3-14H,15H2,1-2H3,(H,25,28). The van der Waals surface area contributed by atoms with Crippen LogP contribution in [-0.2, 0) is 11.3 Å². The first-order chi connectivity index (χ1) is 14.0. The van der Waals surface area contributed by atoms with E-state index in [4.69, 9.17) is 0 Å². The predicted molar refractivity (Wildman–Crippen MR) is 116 cm³/mol. The summed E-state index contributed by atoms with van der Waals surface area (Å²) in [6.45, 7) is 3.80. The lowest BCUT2D eigenvalue weighted by atomic mass is 10.1. The third-order valence-electron chi connectivity index (χ3n) is 5.08. The largest absolute Gasteiger partial charge is 0.324 e. The Morgan fingerprint density at radius 1 is 0.931 bits per heavy atom. The summed E-state index contributed by atoms with van der Waals surface area (Å²) < 4.78 is 1.20. The van der Waals surface area contributed by atoms with E-state index in [0.29, 0.717) is 5.69 Å². The van der Waals surface area contributed by atoms with Gasteiger partial charge in [-0.3, -0.25) is 9.59 Å². The molecular weight excluding hydrogens is 362 g/mol. The Morgan fingerprint density at radius 3 is 2.55 bits per heavy atom. The van der Waals surface area contributed by atoms with Crippen molar-refractivity contribution in [2.75, 3.05) is 5.32 Å². The number of hydrogen-bond acceptors (Lipinski definition) is 3. The molecule has 0 aliphatic heterocycles. The molecule has 4 rings (SSSR count). The van der Waals surface area contributed by atoms with Gasteiger partial charge >= 0.3 is 0 Å². The molecular formula is C24H21N3O2. The van der Waals surface area contributed by atoms with E-state index in [2.05, 4.69) is 10.4 Å². The lowest BCUT2D eigenvalue weighted by molar-refractivity contribution is -0.117. The molecule has 1 heterocycles. The van der Waals surface area contributed by atoms with E-state index in [0.717, 1.165) is 33.2 Å². The van der Waals surface area contributed by atoms with Crippen molar-refractivity contribution in [3.8, 4) is 11.3 Å². The van der Waals surface area contributed by atoms with Gasteiger partial charge in [-0.1, -0.05) is 48.5 Å². The van der Waals surface area contributed by atoms with Gasteiger partial charge in [-0.25, -0.2) is 4.68 Å². The second kappa shape index (κ2) is 7.72. The van der Waals surface area contributed by atoms with Crippen molar-refractivity contribution in [2.45, 2.75) is 20.4 Å². The number of carbonyl (C=O) groups is 1. The minimum absolute atomic E-state index is 0.145. The quantitative estimate of drug-likeness (QED) is 0.571. The van der Waals surface area contributed by atoms with E-state index >= 15 is 0 Å². The molecule has 0 bridgehead atoms. The second-order valence-electron chi connectivity index (χ2n) is 7.07. The predicted octanol–water partition coefficient (Wildman–Crippen LogP) is 4.32. The zero-order chi connectivity index (χ0) is 20.4.